The molecule has 0 spiro atoms. The van der Waals surface area contributed by atoms with Crippen molar-refractivity contribution in [1.29, 1.82) is 0 Å². The zero-order chi connectivity index (χ0) is 12.4. The highest BCUT2D eigenvalue weighted by atomic mass is 16.1. The van der Waals surface area contributed by atoms with E-state index < -0.39 is 0 Å². The van der Waals surface area contributed by atoms with Gasteiger partial charge in [0.15, 0.2) is 12.0 Å². The van der Waals surface area contributed by atoms with Crippen LogP contribution in [0.5, 0.6) is 0 Å². The zero-order valence-corrected chi connectivity index (χ0v) is 9.68. The van der Waals surface area contributed by atoms with E-state index in [1.165, 1.54) is 6.07 Å². The molecular formula is C13H12N2O2. The third-order valence-corrected chi connectivity index (χ3v) is 2.49. The Morgan fingerprint density at radius 2 is 2.00 bits per heavy atom. The van der Waals surface area contributed by atoms with Crippen LogP contribution < -0.4 is 5.43 Å². The number of nitrogens with zero attached hydrogens (tertiary/aromatic N) is 2. The lowest BCUT2D eigenvalue weighted by molar-refractivity contribution is 0.111. The van der Waals surface area contributed by atoms with Crippen LogP contribution in [0.1, 0.15) is 21.7 Å². The van der Waals surface area contributed by atoms with E-state index in [1.807, 2.05) is 31.2 Å². The molecule has 0 aliphatic heterocycles. The van der Waals surface area contributed by atoms with Gasteiger partial charge in [0.05, 0.1) is 5.69 Å². The van der Waals surface area contributed by atoms with Gasteiger partial charge in [-0.3, -0.25) is 9.59 Å². The summed E-state index contributed by atoms with van der Waals surface area (Å²) in [5.74, 6) is 0. The summed E-state index contributed by atoms with van der Waals surface area (Å²) in [7, 11) is 0. The molecule has 2 rings (SSSR count). The van der Waals surface area contributed by atoms with Crippen molar-refractivity contribution in [1.82, 2.24) is 9.78 Å². The highest BCUT2D eigenvalue weighted by Gasteiger charge is 2.06. The number of aryl methyl sites for hydroxylation is 2. The molecule has 0 radical (unpaired) electrons. The standard InChI is InChI=1S/C13H12N2O2/c1-9-4-3-5-11(6-9)15-10(2)7-13(17)12(8-16)14-15/h3-8H,1-2H3. The van der Waals surface area contributed by atoms with Gasteiger partial charge in [-0.25, -0.2) is 4.68 Å². The van der Waals surface area contributed by atoms with Crippen molar-refractivity contribution in [3.63, 3.8) is 0 Å². The fourth-order valence-electron chi connectivity index (χ4n) is 1.66. The highest BCUT2D eigenvalue weighted by Crippen LogP contribution is 2.10. The van der Waals surface area contributed by atoms with Crippen LogP contribution in [0.4, 0.5) is 0 Å². The number of hydrogen-bond donors (Lipinski definition) is 0. The van der Waals surface area contributed by atoms with Crippen LogP contribution in [-0.2, 0) is 0 Å². The van der Waals surface area contributed by atoms with Gasteiger partial charge in [-0.05, 0) is 31.5 Å². The molecule has 0 atom stereocenters. The van der Waals surface area contributed by atoms with Gasteiger partial charge < -0.3 is 0 Å². The van der Waals surface area contributed by atoms with Crippen LogP contribution >= 0.6 is 0 Å². The Kier molecular flexibility index (Phi) is 2.87. The van der Waals surface area contributed by atoms with Crippen LogP contribution in [0, 0.1) is 13.8 Å². The molecule has 1 aromatic heterocycles. The number of aromatic nitrogens is 2. The summed E-state index contributed by atoms with van der Waals surface area (Å²) < 4.78 is 1.60. The van der Waals surface area contributed by atoms with E-state index in [1.54, 1.807) is 11.6 Å². The minimum Gasteiger partial charge on any atom is -0.296 e. The van der Waals surface area contributed by atoms with Crippen molar-refractivity contribution >= 4 is 6.29 Å². The maximum Gasteiger partial charge on any atom is 0.211 e. The molecule has 0 aliphatic carbocycles. The average molecular weight is 228 g/mol. The van der Waals surface area contributed by atoms with Gasteiger partial charge in [0, 0.05) is 11.8 Å². The van der Waals surface area contributed by atoms with E-state index in [9.17, 15) is 9.59 Å². The second kappa shape index (κ2) is 4.33. The summed E-state index contributed by atoms with van der Waals surface area (Å²) >= 11 is 0. The molecule has 0 saturated carbocycles. The second-order valence-electron chi connectivity index (χ2n) is 3.90. The Labute approximate surface area is 98.5 Å². The molecule has 86 valence electrons. The van der Waals surface area contributed by atoms with Gasteiger partial charge >= 0.3 is 0 Å². The summed E-state index contributed by atoms with van der Waals surface area (Å²) in [5.41, 5.74) is 2.21. The molecule has 4 nitrogen and oxygen atoms in total. The molecule has 0 saturated heterocycles. The monoisotopic (exact) mass is 228 g/mol. The van der Waals surface area contributed by atoms with Gasteiger partial charge in [-0.1, -0.05) is 12.1 Å². The predicted molar refractivity (Wildman–Crippen MR) is 64.7 cm³/mol. The lowest BCUT2D eigenvalue weighted by Crippen LogP contribution is -2.18. The fourth-order valence-corrected chi connectivity index (χ4v) is 1.66. The van der Waals surface area contributed by atoms with Crippen molar-refractivity contribution in [2.45, 2.75) is 13.8 Å². The molecular weight excluding hydrogens is 216 g/mol. The highest BCUT2D eigenvalue weighted by molar-refractivity contribution is 5.71. The fraction of sp³-hybridized carbons (Fsp3) is 0.154. The van der Waals surface area contributed by atoms with E-state index in [-0.39, 0.29) is 11.1 Å². The first-order valence-electron chi connectivity index (χ1n) is 5.25. The van der Waals surface area contributed by atoms with Gasteiger partial charge in [0.25, 0.3) is 0 Å². The van der Waals surface area contributed by atoms with Gasteiger partial charge in [-0.2, -0.15) is 5.10 Å². The van der Waals surface area contributed by atoms with Crippen LogP contribution in [0.3, 0.4) is 0 Å². The minimum absolute atomic E-state index is 0.0721. The molecule has 0 amide bonds. The Bertz CT molecular complexity index is 630. The van der Waals surface area contributed by atoms with E-state index in [4.69, 9.17) is 0 Å². The lowest BCUT2D eigenvalue weighted by atomic mass is 10.2. The molecule has 1 heterocycles. The van der Waals surface area contributed by atoms with E-state index in [0.29, 0.717) is 12.0 Å². The number of aldehydes is 1. The molecule has 4 heteroatoms. The van der Waals surface area contributed by atoms with Crippen molar-refractivity contribution in [3.05, 3.63) is 57.5 Å². The third kappa shape index (κ3) is 2.15. The van der Waals surface area contributed by atoms with E-state index in [0.717, 1.165) is 11.3 Å². The van der Waals surface area contributed by atoms with Crippen molar-refractivity contribution in [3.8, 4) is 5.69 Å². The Hall–Kier alpha value is -2.23. The normalized spacial score (nSPS) is 10.2. The van der Waals surface area contributed by atoms with Crippen LogP contribution in [0.2, 0.25) is 0 Å². The Morgan fingerprint density at radius 1 is 1.24 bits per heavy atom. The number of rotatable bonds is 2. The first-order valence-corrected chi connectivity index (χ1v) is 5.25. The van der Waals surface area contributed by atoms with Crippen LogP contribution in [-0.4, -0.2) is 16.1 Å². The average Bonchev–Trinajstić information content (AvgIpc) is 2.29. The third-order valence-electron chi connectivity index (χ3n) is 2.49. The number of carbonyl (C=O) groups is 1. The number of benzene rings is 1. The molecule has 0 N–H and O–H groups in total. The first-order chi connectivity index (χ1) is 8.11. The predicted octanol–water partition coefficient (Wildman–Crippen LogP) is 1.66. The van der Waals surface area contributed by atoms with Crippen molar-refractivity contribution in [2.24, 2.45) is 0 Å². The van der Waals surface area contributed by atoms with E-state index in [2.05, 4.69) is 5.10 Å². The molecule has 0 aliphatic rings. The number of carbonyl (C=O) groups excluding carboxylic acids is 1. The topological polar surface area (TPSA) is 52.0 Å². The van der Waals surface area contributed by atoms with Crippen LogP contribution in [0.25, 0.3) is 5.69 Å². The zero-order valence-electron chi connectivity index (χ0n) is 9.68. The van der Waals surface area contributed by atoms with Gasteiger partial charge in [-0.15, -0.1) is 0 Å². The van der Waals surface area contributed by atoms with E-state index >= 15 is 0 Å². The molecule has 2 aromatic rings. The minimum atomic E-state index is -0.346. The maximum atomic E-state index is 11.4. The summed E-state index contributed by atoms with van der Waals surface area (Å²) in [6.07, 6.45) is 0.480. The van der Waals surface area contributed by atoms with Crippen LogP contribution in [0.15, 0.2) is 35.1 Å². The van der Waals surface area contributed by atoms with Gasteiger partial charge in [0.1, 0.15) is 0 Å². The van der Waals surface area contributed by atoms with Crippen molar-refractivity contribution < 1.29 is 4.79 Å². The smallest absolute Gasteiger partial charge is 0.211 e. The molecule has 1 aromatic carbocycles. The SMILES string of the molecule is Cc1cccc(-n2nc(C=O)c(=O)cc2C)c1. The lowest BCUT2D eigenvalue weighted by Gasteiger charge is -2.09. The number of hydrogen-bond acceptors (Lipinski definition) is 3. The summed E-state index contributed by atoms with van der Waals surface area (Å²) in [6, 6.07) is 9.12. The van der Waals surface area contributed by atoms with Crippen molar-refractivity contribution in [2.75, 3.05) is 0 Å². The van der Waals surface area contributed by atoms with Gasteiger partial charge in [0.2, 0.25) is 5.43 Å². The molecule has 0 bridgehead atoms. The Balaban J connectivity index is 2.67. The summed E-state index contributed by atoms with van der Waals surface area (Å²) in [4.78, 5) is 22.1. The second-order valence-corrected chi connectivity index (χ2v) is 3.90. The maximum absolute atomic E-state index is 11.4. The quantitative estimate of drug-likeness (QED) is 0.734. The summed E-state index contributed by atoms with van der Waals surface area (Å²) in [5, 5.41) is 4.04. The first kappa shape index (κ1) is 11.3. The summed E-state index contributed by atoms with van der Waals surface area (Å²) in [6.45, 7) is 3.76. The largest absolute Gasteiger partial charge is 0.296 e. The molecule has 0 unspecified atom stereocenters. The molecule has 17 heavy (non-hydrogen) atoms. The molecule has 0 fully saturated rings. The Morgan fingerprint density at radius 3 is 2.65 bits per heavy atom.